The third-order valence-electron chi connectivity index (χ3n) is 3.70. The molecule has 1 aliphatic rings. The first kappa shape index (κ1) is 14.9. The standard InChI is InChI=1S/C15H22FN3O/c16-12-4-3-5-13(10-12)18-15(20)11-19-9-2-1-6-14(19)7-8-17/h3-5,10,14H,1-2,6-9,11,17H2,(H,18,20). The van der Waals surface area contributed by atoms with Crippen LogP contribution in [-0.2, 0) is 4.79 Å². The number of benzene rings is 1. The van der Waals surface area contributed by atoms with Crippen LogP contribution in [0, 0.1) is 5.82 Å². The molecule has 5 heteroatoms. The lowest BCUT2D eigenvalue weighted by Gasteiger charge is -2.35. The van der Waals surface area contributed by atoms with E-state index >= 15 is 0 Å². The molecule has 1 unspecified atom stereocenters. The Kier molecular flexibility index (Phi) is 5.49. The number of likely N-dealkylation sites (tertiary alicyclic amines) is 1. The van der Waals surface area contributed by atoms with E-state index < -0.39 is 0 Å². The molecule has 0 spiro atoms. The van der Waals surface area contributed by atoms with E-state index in [1.54, 1.807) is 12.1 Å². The van der Waals surface area contributed by atoms with Gasteiger partial charge in [0, 0.05) is 11.7 Å². The Hall–Kier alpha value is -1.46. The van der Waals surface area contributed by atoms with Crippen molar-refractivity contribution in [3.8, 4) is 0 Å². The van der Waals surface area contributed by atoms with Crippen molar-refractivity contribution < 1.29 is 9.18 Å². The van der Waals surface area contributed by atoms with Crippen molar-refractivity contribution in [3.05, 3.63) is 30.1 Å². The molecule has 2 rings (SSSR count). The van der Waals surface area contributed by atoms with Crippen molar-refractivity contribution >= 4 is 11.6 Å². The van der Waals surface area contributed by atoms with Crippen molar-refractivity contribution in [2.75, 3.05) is 25.0 Å². The summed E-state index contributed by atoms with van der Waals surface area (Å²) in [6.45, 7) is 1.93. The minimum atomic E-state index is -0.346. The monoisotopic (exact) mass is 279 g/mol. The van der Waals surface area contributed by atoms with Crippen LogP contribution in [0.4, 0.5) is 10.1 Å². The molecule has 1 heterocycles. The van der Waals surface area contributed by atoms with E-state index in [0.717, 1.165) is 25.8 Å². The molecular weight excluding hydrogens is 257 g/mol. The summed E-state index contributed by atoms with van der Waals surface area (Å²) in [6, 6.07) is 6.35. The molecule has 0 bridgehead atoms. The molecule has 3 N–H and O–H groups in total. The van der Waals surface area contributed by atoms with E-state index in [2.05, 4.69) is 10.2 Å². The number of nitrogens with two attached hydrogens (primary N) is 1. The molecule has 1 saturated heterocycles. The molecule has 1 aromatic carbocycles. The summed E-state index contributed by atoms with van der Waals surface area (Å²) in [7, 11) is 0. The van der Waals surface area contributed by atoms with Gasteiger partial charge in [-0.3, -0.25) is 9.69 Å². The lowest BCUT2D eigenvalue weighted by molar-refractivity contribution is -0.118. The highest BCUT2D eigenvalue weighted by atomic mass is 19.1. The maximum Gasteiger partial charge on any atom is 0.238 e. The molecule has 110 valence electrons. The maximum atomic E-state index is 13.1. The molecule has 0 aliphatic carbocycles. The Morgan fingerprint density at radius 2 is 2.30 bits per heavy atom. The fourth-order valence-electron chi connectivity index (χ4n) is 2.74. The third-order valence-corrected chi connectivity index (χ3v) is 3.70. The van der Waals surface area contributed by atoms with Gasteiger partial charge in [0.1, 0.15) is 5.82 Å². The largest absolute Gasteiger partial charge is 0.330 e. The quantitative estimate of drug-likeness (QED) is 0.866. The fraction of sp³-hybridized carbons (Fsp3) is 0.533. The molecule has 4 nitrogen and oxygen atoms in total. The summed E-state index contributed by atoms with van der Waals surface area (Å²) in [4.78, 5) is 14.2. The van der Waals surface area contributed by atoms with Gasteiger partial charge in [0.25, 0.3) is 0 Å². The topological polar surface area (TPSA) is 58.4 Å². The van der Waals surface area contributed by atoms with Crippen LogP contribution in [0.15, 0.2) is 24.3 Å². The second kappa shape index (κ2) is 7.36. The number of halogens is 1. The van der Waals surface area contributed by atoms with Crippen molar-refractivity contribution in [2.45, 2.75) is 31.7 Å². The zero-order valence-electron chi connectivity index (χ0n) is 11.6. The highest BCUT2D eigenvalue weighted by Crippen LogP contribution is 2.19. The van der Waals surface area contributed by atoms with Crippen LogP contribution in [-0.4, -0.2) is 36.5 Å². The molecular formula is C15H22FN3O. The summed E-state index contributed by atoms with van der Waals surface area (Å²) in [6.07, 6.45) is 4.35. The van der Waals surface area contributed by atoms with Crippen LogP contribution in [0.3, 0.4) is 0 Å². The normalized spacial score (nSPS) is 19.8. The van der Waals surface area contributed by atoms with E-state index in [-0.39, 0.29) is 11.7 Å². The lowest BCUT2D eigenvalue weighted by Crippen LogP contribution is -2.44. The van der Waals surface area contributed by atoms with E-state index in [1.165, 1.54) is 18.6 Å². The first-order valence-corrected chi connectivity index (χ1v) is 7.18. The second-order valence-electron chi connectivity index (χ2n) is 5.26. The van der Waals surface area contributed by atoms with Gasteiger partial charge in [-0.1, -0.05) is 12.5 Å². The van der Waals surface area contributed by atoms with Crippen LogP contribution in [0.25, 0.3) is 0 Å². The van der Waals surface area contributed by atoms with E-state index in [4.69, 9.17) is 5.73 Å². The molecule has 1 atom stereocenters. The summed E-state index contributed by atoms with van der Waals surface area (Å²) in [5.41, 5.74) is 6.13. The summed E-state index contributed by atoms with van der Waals surface area (Å²) in [5.74, 6) is -0.443. The predicted octanol–water partition coefficient (Wildman–Crippen LogP) is 1.97. The van der Waals surface area contributed by atoms with Gasteiger partial charge in [0.05, 0.1) is 6.54 Å². The molecule has 0 saturated carbocycles. The Bertz CT molecular complexity index is 450. The fourth-order valence-corrected chi connectivity index (χ4v) is 2.74. The van der Waals surface area contributed by atoms with Crippen molar-refractivity contribution in [3.63, 3.8) is 0 Å². The van der Waals surface area contributed by atoms with Crippen molar-refractivity contribution in [1.29, 1.82) is 0 Å². The SMILES string of the molecule is NCCC1CCCCN1CC(=O)Nc1cccc(F)c1. The molecule has 1 aliphatic heterocycles. The van der Waals surface area contributed by atoms with Gasteiger partial charge in [0.15, 0.2) is 0 Å². The van der Waals surface area contributed by atoms with Crippen LogP contribution >= 0.6 is 0 Å². The van der Waals surface area contributed by atoms with Gasteiger partial charge >= 0.3 is 0 Å². The highest BCUT2D eigenvalue weighted by molar-refractivity contribution is 5.92. The van der Waals surface area contributed by atoms with Crippen LogP contribution in [0.1, 0.15) is 25.7 Å². The molecule has 20 heavy (non-hydrogen) atoms. The zero-order chi connectivity index (χ0) is 14.4. The Balaban J connectivity index is 1.89. The Morgan fingerprint density at radius 3 is 3.05 bits per heavy atom. The molecule has 0 aromatic heterocycles. The minimum Gasteiger partial charge on any atom is -0.330 e. The van der Waals surface area contributed by atoms with Gasteiger partial charge < -0.3 is 11.1 Å². The third kappa shape index (κ3) is 4.28. The number of nitrogens with one attached hydrogen (secondary N) is 1. The van der Waals surface area contributed by atoms with Crippen LogP contribution in [0.2, 0.25) is 0 Å². The van der Waals surface area contributed by atoms with E-state index in [9.17, 15) is 9.18 Å². The number of amides is 1. The summed E-state index contributed by atoms with van der Waals surface area (Å²) < 4.78 is 13.1. The molecule has 0 radical (unpaired) electrons. The average molecular weight is 279 g/mol. The number of piperidine rings is 1. The van der Waals surface area contributed by atoms with Crippen molar-refractivity contribution in [2.24, 2.45) is 5.73 Å². The van der Waals surface area contributed by atoms with Crippen LogP contribution in [0.5, 0.6) is 0 Å². The number of nitrogens with zero attached hydrogens (tertiary/aromatic N) is 1. The van der Waals surface area contributed by atoms with Gasteiger partial charge in [0.2, 0.25) is 5.91 Å². The molecule has 1 amide bonds. The Labute approximate surface area is 119 Å². The number of rotatable bonds is 5. The highest BCUT2D eigenvalue weighted by Gasteiger charge is 2.23. The van der Waals surface area contributed by atoms with Crippen LogP contribution < -0.4 is 11.1 Å². The van der Waals surface area contributed by atoms with Gasteiger partial charge in [-0.05, 0) is 50.6 Å². The molecule has 1 aromatic rings. The smallest absolute Gasteiger partial charge is 0.238 e. The summed E-state index contributed by atoms with van der Waals surface area (Å²) >= 11 is 0. The van der Waals surface area contributed by atoms with Gasteiger partial charge in [-0.15, -0.1) is 0 Å². The lowest BCUT2D eigenvalue weighted by atomic mass is 9.99. The number of hydrogen-bond donors (Lipinski definition) is 2. The Morgan fingerprint density at radius 1 is 1.45 bits per heavy atom. The first-order chi connectivity index (χ1) is 9.69. The number of anilines is 1. The number of carbonyl (C=O) groups excluding carboxylic acids is 1. The summed E-state index contributed by atoms with van der Waals surface area (Å²) in [5, 5.41) is 2.74. The first-order valence-electron chi connectivity index (χ1n) is 7.18. The zero-order valence-corrected chi connectivity index (χ0v) is 11.6. The number of carbonyl (C=O) groups is 1. The predicted molar refractivity (Wildman–Crippen MR) is 77.9 cm³/mol. The minimum absolute atomic E-state index is 0.0977. The van der Waals surface area contributed by atoms with E-state index in [0.29, 0.717) is 24.8 Å². The van der Waals surface area contributed by atoms with Gasteiger partial charge in [-0.25, -0.2) is 4.39 Å². The average Bonchev–Trinajstić information content (AvgIpc) is 2.41. The maximum absolute atomic E-state index is 13.1. The number of hydrogen-bond acceptors (Lipinski definition) is 3. The van der Waals surface area contributed by atoms with Crippen molar-refractivity contribution in [1.82, 2.24) is 4.90 Å². The molecule has 1 fully saturated rings. The van der Waals surface area contributed by atoms with Gasteiger partial charge in [-0.2, -0.15) is 0 Å². The van der Waals surface area contributed by atoms with E-state index in [1.807, 2.05) is 0 Å². The second-order valence-corrected chi connectivity index (χ2v) is 5.26.